The molecule has 0 fully saturated rings. The zero-order chi connectivity index (χ0) is 12.4. The number of nitrogens with zero attached hydrogens (tertiary/aromatic N) is 2. The van der Waals surface area contributed by atoms with Gasteiger partial charge in [0, 0.05) is 5.69 Å². The first-order chi connectivity index (χ1) is 8.11. The normalized spacial score (nSPS) is 10.5. The molecular formula is C13H13FN2O. The summed E-state index contributed by atoms with van der Waals surface area (Å²) in [6, 6.07) is 6.37. The molecule has 0 saturated heterocycles. The van der Waals surface area contributed by atoms with Crippen LogP contribution in [0.4, 0.5) is 4.39 Å². The number of hydrogen-bond donors (Lipinski definition) is 0. The smallest absolute Gasteiger partial charge is 0.153 e. The molecule has 0 atom stereocenters. The van der Waals surface area contributed by atoms with Gasteiger partial charge in [0.25, 0.3) is 0 Å². The van der Waals surface area contributed by atoms with Crippen molar-refractivity contribution in [2.24, 2.45) is 0 Å². The van der Waals surface area contributed by atoms with Crippen molar-refractivity contribution >= 4 is 6.29 Å². The molecule has 0 radical (unpaired) electrons. The Morgan fingerprint density at radius 3 is 2.76 bits per heavy atom. The molecule has 1 aromatic carbocycles. The van der Waals surface area contributed by atoms with Crippen LogP contribution in [0.1, 0.15) is 27.3 Å². The van der Waals surface area contributed by atoms with Crippen LogP contribution in [0.5, 0.6) is 0 Å². The molecule has 0 aliphatic carbocycles. The maximum atomic E-state index is 13.0. The van der Waals surface area contributed by atoms with Crippen molar-refractivity contribution in [2.45, 2.75) is 20.4 Å². The summed E-state index contributed by atoms with van der Waals surface area (Å²) >= 11 is 0. The quantitative estimate of drug-likeness (QED) is 0.762. The van der Waals surface area contributed by atoms with Crippen molar-refractivity contribution in [3.8, 4) is 0 Å². The Balaban J connectivity index is 2.33. The van der Waals surface area contributed by atoms with Crippen molar-refractivity contribution in [1.29, 1.82) is 0 Å². The fraction of sp³-hybridized carbons (Fsp3) is 0.231. The molecule has 1 heterocycles. The SMILES string of the molecule is Cc1nn(Cc2cccc(F)c2)c(C)c1C=O. The number of aromatic nitrogens is 2. The highest BCUT2D eigenvalue weighted by Crippen LogP contribution is 2.13. The first kappa shape index (κ1) is 11.5. The lowest BCUT2D eigenvalue weighted by Gasteiger charge is -2.04. The summed E-state index contributed by atoms with van der Waals surface area (Å²) in [5, 5.41) is 4.27. The number of benzene rings is 1. The zero-order valence-corrected chi connectivity index (χ0v) is 9.77. The number of carbonyl (C=O) groups excluding carboxylic acids is 1. The monoisotopic (exact) mass is 232 g/mol. The van der Waals surface area contributed by atoms with Gasteiger partial charge in [0.15, 0.2) is 6.29 Å². The van der Waals surface area contributed by atoms with E-state index in [1.54, 1.807) is 17.7 Å². The molecule has 0 unspecified atom stereocenters. The molecule has 1 aromatic heterocycles. The van der Waals surface area contributed by atoms with Crippen LogP contribution >= 0.6 is 0 Å². The first-order valence-corrected chi connectivity index (χ1v) is 5.35. The molecule has 3 nitrogen and oxygen atoms in total. The molecule has 0 bridgehead atoms. The lowest BCUT2D eigenvalue weighted by Crippen LogP contribution is -2.04. The van der Waals surface area contributed by atoms with Gasteiger partial charge in [-0.25, -0.2) is 4.39 Å². The molecule has 2 aromatic rings. The second-order valence-electron chi connectivity index (χ2n) is 3.99. The lowest BCUT2D eigenvalue weighted by atomic mass is 10.2. The van der Waals surface area contributed by atoms with E-state index in [1.165, 1.54) is 12.1 Å². The molecule has 0 aliphatic heterocycles. The topological polar surface area (TPSA) is 34.9 Å². The van der Waals surface area contributed by atoms with Gasteiger partial charge < -0.3 is 0 Å². The van der Waals surface area contributed by atoms with E-state index in [4.69, 9.17) is 0 Å². The summed E-state index contributed by atoms with van der Waals surface area (Å²) in [5.41, 5.74) is 2.95. The summed E-state index contributed by atoms with van der Waals surface area (Å²) < 4.78 is 14.8. The maximum Gasteiger partial charge on any atom is 0.153 e. The Morgan fingerprint density at radius 1 is 1.41 bits per heavy atom. The van der Waals surface area contributed by atoms with Crippen LogP contribution in [0.25, 0.3) is 0 Å². The number of aryl methyl sites for hydroxylation is 1. The van der Waals surface area contributed by atoms with Crippen LogP contribution < -0.4 is 0 Å². The predicted octanol–water partition coefficient (Wildman–Crippen LogP) is 2.50. The highest BCUT2D eigenvalue weighted by atomic mass is 19.1. The molecule has 2 rings (SSSR count). The second kappa shape index (κ2) is 4.49. The van der Waals surface area contributed by atoms with Crippen molar-refractivity contribution in [3.63, 3.8) is 0 Å². The third-order valence-corrected chi connectivity index (χ3v) is 2.78. The largest absolute Gasteiger partial charge is 0.298 e. The molecular weight excluding hydrogens is 219 g/mol. The number of rotatable bonds is 3. The Kier molecular flexibility index (Phi) is 3.04. The van der Waals surface area contributed by atoms with Gasteiger partial charge in [0.05, 0.1) is 17.8 Å². The van der Waals surface area contributed by atoms with Crippen LogP contribution in [0.15, 0.2) is 24.3 Å². The molecule has 17 heavy (non-hydrogen) atoms. The number of hydrogen-bond acceptors (Lipinski definition) is 2. The van der Waals surface area contributed by atoms with Crippen molar-refractivity contribution in [2.75, 3.05) is 0 Å². The van der Waals surface area contributed by atoms with Gasteiger partial charge in [0.1, 0.15) is 5.82 Å². The maximum absolute atomic E-state index is 13.0. The Bertz CT molecular complexity index is 561. The van der Waals surface area contributed by atoms with Crippen LogP contribution in [0.2, 0.25) is 0 Å². The molecule has 0 saturated carbocycles. The van der Waals surface area contributed by atoms with Gasteiger partial charge in [0.2, 0.25) is 0 Å². The van der Waals surface area contributed by atoms with Crippen molar-refractivity contribution in [3.05, 3.63) is 52.6 Å². The second-order valence-corrected chi connectivity index (χ2v) is 3.99. The van der Waals surface area contributed by atoms with Crippen LogP contribution in [0, 0.1) is 19.7 Å². The lowest BCUT2D eigenvalue weighted by molar-refractivity contribution is 0.112. The summed E-state index contributed by atoms with van der Waals surface area (Å²) in [5.74, 6) is -0.264. The van der Waals surface area contributed by atoms with Gasteiger partial charge in [-0.15, -0.1) is 0 Å². The van der Waals surface area contributed by atoms with E-state index < -0.39 is 0 Å². The van der Waals surface area contributed by atoms with E-state index in [1.807, 2.05) is 13.0 Å². The third-order valence-electron chi connectivity index (χ3n) is 2.78. The average Bonchev–Trinajstić information content (AvgIpc) is 2.54. The van der Waals surface area contributed by atoms with Crippen LogP contribution in [-0.2, 0) is 6.54 Å². The van der Waals surface area contributed by atoms with Crippen LogP contribution in [-0.4, -0.2) is 16.1 Å². The first-order valence-electron chi connectivity index (χ1n) is 5.35. The highest BCUT2D eigenvalue weighted by molar-refractivity contribution is 5.78. The van der Waals surface area contributed by atoms with Gasteiger partial charge in [-0.1, -0.05) is 12.1 Å². The number of halogens is 1. The molecule has 4 heteroatoms. The van der Waals surface area contributed by atoms with E-state index in [0.29, 0.717) is 17.8 Å². The Labute approximate surface area is 98.9 Å². The van der Waals surface area contributed by atoms with Gasteiger partial charge in [-0.3, -0.25) is 9.48 Å². The highest BCUT2D eigenvalue weighted by Gasteiger charge is 2.10. The average molecular weight is 232 g/mol. The summed E-state index contributed by atoms with van der Waals surface area (Å²) in [6.45, 7) is 4.10. The molecule has 0 N–H and O–H groups in total. The summed E-state index contributed by atoms with van der Waals surface area (Å²) in [6.07, 6.45) is 0.805. The molecule has 0 aliphatic rings. The molecule has 0 amide bonds. The van der Waals surface area contributed by atoms with E-state index in [-0.39, 0.29) is 5.82 Å². The predicted molar refractivity (Wildman–Crippen MR) is 62.6 cm³/mol. The minimum atomic E-state index is -0.264. The standard InChI is InChI=1S/C13H13FN2O/c1-9-13(8-17)10(2)16(15-9)7-11-4-3-5-12(14)6-11/h3-6,8H,7H2,1-2H3. The Hall–Kier alpha value is -1.97. The number of carbonyl (C=O) groups is 1. The fourth-order valence-electron chi connectivity index (χ4n) is 1.84. The van der Waals surface area contributed by atoms with Crippen molar-refractivity contribution in [1.82, 2.24) is 9.78 Å². The van der Waals surface area contributed by atoms with E-state index >= 15 is 0 Å². The summed E-state index contributed by atoms with van der Waals surface area (Å²) in [4.78, 5) is 10.9. The van der Waals surface area contributed by atoms with Crippen molar-refractivity contribution < 1.29 is 9.18 Å². The van der Waals surface area contributed by atoms with E-state index in [2.05, 4.69) is 5.10 Å². The van der Waals surface area contributed by atoms with Gasteiger partial charge in [-0.2, -0.15) is 5.10 Å². The minimum Gasteiger partial charge on any atom is -0.298 e. The number of aldehydes is 1. The third kappa shape index (κ3) is 2.25. The van der Waals surface area contributed by atoms with Gasteiger partial charge in [-0.05, 0) is 31.5 Å². The molecule has 88 valence electrons. The van der Waals surface area contributed by atoms with E-state index in [0.717, 1.165) is 17.5 Å². The Morgan fingerprint density at radius 2 is 2.18 bits per heavy atom. The minimum absolute atomic E-state index is 0.264. The van der Waals surface area contributed by atoms with Gasteiger partial charge >= 0.3 is 0 Å². The van der Waals surface area contributed by atoms with Crippen LogP contribution in [0.3, 0.4) is 0 Å². The fourth-order valence-corrected chi connectivity index (χ4v) is 1.84. The summed E-state index contributed by atoms with van der Waals surface area (Å²) in [7, 11) is 0. The van der Waals surface area contributed by atoms with E-state index in [9.17, 15) is 9.18 Å². The zero-order valence-electron chi connectivity index (χ0n) is 9.77. The molecule has 0 spiro atoms.